The number of hydrogen-bond donors (Lipinski definition) is 1. The first-order chi connectivity index (χ1) is 16.5. The first kappa shape index (κ1) is 23.8. The van der Waals surface area contributed by atoms with Crippen LogP contribution in [0, 0.1) is 18.3 Å². The summed E-state index contributed by atoms with van der Waals surface area (Å²) >= 11 is 4.69. The molecule has 7 heteroatoms. The third-order valence-corrected chi connectivity index (χ3v) is 7.22. The zero-order valence-corrected chi connectivity index (χ0v) is 20.9. The fourth-order valence-electron chi connectivity index (χ4n) is 3.62. The number of nitrogens with one attached hydrogen (secondary N) is 1. The summed E-state index contributed by atoms with van der Waals surface area (Å²) in [6, 6.07) is 26.8. The first-order valence-electron chi connectivity index (χ1n) is 10.7. The van der Waals surface area contributed by atoms with Gasteiger partial charge in [0, 0.05) is 16.7 Å². The fraction of sp³-hybridized carbons (Fsp3) is 0.148. The normalized spacial score (nSPS) is 16.8. The van der Waals surface area contributed by atoms with Crippen molar-refractivity contribution >= 4 is 45.2 Å². The highest BCUT2D eigenvalue weighted by Gasteiger charge is 2.40. The number of thioether (sulfide) groups is 1. The van der Waals surface area contributed by atoms with Gasteiger partial charge in [0.2, 0.25) is 5.91 Å². The second-order valence-corrected chi connectivity index (χ2v) is 10.0. The minimum atomic E-state index is -0.500. The van der Waals surface area contributed by atoms with E-state index >= 15 is 0 Å². The lowest BCUT2D eigenvalue weighted by Gasteiger charge is -2.19. The van der Waals surface area contributed by atoms with Crippen molar-refractivity contribution in [3.8, 4) is 6.07 Å². The van der Waals surface area contributed by atoms with E-state index in [1.165, 1.54) is 16.7 Å². The SMILES string of the molecule is Cc1ccc(C[C@H]2S/C(=C(/C#N)C(=O)NCc3ccccc3)N(c3ccc(Br)cc3)C2=O)cc1. The topological polar surface area (TPSA) is 73.2 Å². The molecule has 1 aliphatic heterocycles. The Morgan fingerprint density at radius 2 is 1.71 bits per heavy atom. The molecule has 34 heavy (non-hydrogen) atoms. The van der Waals surface area contributed by atoms with Gasteiger partial charge in [0.25, 0.3) is 5.91 Å². The molecule has 170 valence electrons. The van der Waals surface area contributed by atoms with Gasteiger partial charge >= 0.3 is 0 Å². The molecule has 0 saturated carbocycles. The maximum Gasteiger partial charge on any atom is 0.264 e. The number of carbonyl (C=O) groups is 2. The van der Waals surface area contributed by atoms with Crippen molar-refractivity contribution < 1.29 is 9.59 Å². The molecule has 1 saturated heterocycles. The predicted octanol–water partition coefficient (Wildman–Crippen LogP) is 5.50. The highest BCUT2D eigenvalue weighted by atomic mass is 79.9. The summed E-state index contributed by atoms with van der Waals surface area (Å²) in [4.78, 5) is 28.0. The van der Waals surface area contributed by atoms with Gasteiger partial charge in [-0.2, -0.15) is 5.26 Å². The summed E-state index contributed by atoms with van der Waals surface area (Å²) in [5.41, 5.74) is 3.65. The van der Waals surface area contributed by atoms with Crippen LogP contribution in [0.15, 0.2) is 93.9 Å². The lowest BCUT2D eigenvalue weighted by atomic mass is 10.1. The molecule has 3 aromatic rings. The number of amides is 2. The number of benzene rings is 3. The Morgan fingerprint density at radius 1 is 1.03 bits per heavy atom. The lowest BCUT2D eigenvalue weighted by molar-refractivity contribution is -0.117. The van der Waals surface area contributed by atoms with Gasteiger partial charge in [-0.1, -0.05) is 87.9 Å². The zero-order valence-electron chi connectivity index (χ0n) is 18.5. The van der Waals surface area contributed by atoms with Crippen molar-refractivity contribution in [1.82, 2.24) is 5.32 Å². The van der Waals surface area contributed by atoms with Gasteiger partial charge in [-0.05, 0) is 48.7 Å². The molecule has 0 aliphatic carbocycles. The Bertz CT molecular complexity index is 1270. The average Bonchev–Trinajstić information content (AvgIpc) is 3.16. The summed E-state index contributed by atoms with van der Waals surface area (Å²) in [7, 11) is 0. The van der Waals surface area contributed by atoms with Gasteiger partial charge < -0.3 is 5.32 Å². The lowest BCUT2D eigenvalue weighted by Crippen LogP contribution is -2.32. The number of rotatable bonds is 6. The number of halogens is 1. The van der Waals surface area contributed by atoms with Crippen LogP contribution in [0.4, 0.5) is 5.69 Å². The van der Waals surface area contributed by atoms with E-state index in [9.17, 15) is 14.9 Å². The van der Waals surface area contributed by atoms with E-state index in [4.69, 9.17) is 0 Å². The van der Waals surface area contributed by atoms with E-state index in [1.807, 2.05) is 79.7 Å². The maximum atomic E-state index is 13.5. The van der Waals surface area contributed by atoms with Crippen molar-refractivity contribution in [2.45, 2.75) is 25.1 Å². The fourth-order valence-corrected chi connectivity index (χ4v) is 5.19. The van der Waals surface area contributed by atoms with Crippen LogP contribution in [0.2, 0.25) is 0 Å². The van der Waals surface area contributed by atoms with Gasteiger partial charge in [-0.3, -0.25) is 14.5 Å². The molecule has 0 aromatic heterocycles. The van der Waals surface area contributed by atoms with Crippen molar-refractivity contribution in [2.75, 3.05) is 4.90 Å². The Morgan fingerprint density at radius 3 is 2.35 bits per heavy atom. The smallest absolute Gasteiger partial charge is 0.264 e. The minimum Gasteiger partial charge on any atom is -0.347 e. The predicted molar refractivity (Wildman–Crippen MR) is 139 cm³/mol. The Balaban J connectivity index is 1.66. The van der Waals surface area contributed by atoms with E-state index in [-0.39, 0.29) is 11.5 Å². The van der Waals surface area contributed by atoms with Gasteiger partial charge in [-0.15, -0.1) is 0 Å². The molecule has 0 radical (unpaired) electrons. The standard InChI is InChI=1S/C27H22BrN3O2S/c1-18-7-9-19(10-8-18)15-24-26(33)31(22-13-11-21(28)12-14-22)27(34-24)23(16-29)25(32)30-17-20-5-3-2-4-6-20/h2-14,24H,15,17H2,1H3,(H,30,32)/b27-23-/t24-/m1/s1. The van der Waals surface area contributed by atoms with Crippen molar-refractivity contribution in [3.63, 3.8) is 0 Å². The molecule has 1 N–H and O–H groups in total. The largest absolute Gasteiger partial charge is 0.347 e. The van der Waals surface area contributed by atoms with Crippen LogP contribution in [0.5, 0.6) is 0 Å². The molecule has 1 atom stereocenters. The molecule has 1 aliphatic rings. The summed E-state index contributed by atoms with van der Waals surface area (Å²) in [6.45, 7) is 2.31. The van der Waals surface area contributed by atoms with Crippen LogP contribution in [-0.4, -0.2) is 17.1 Å². The quantitative estimate of drug-likeness (QED) is 0.336. The van der Waals surface area contributed by atoms with Gasteiger partial charge in [-0.25, -0.2) is 0 Å². The van der Waals surface area contributed by atoms with Gasteiger partial charge in [0.1, 0.15) is 16.7 Å². The molecule has 0 bridgehead atoms. The van der Waals surface area contributed by atoms with Crippen LogP contribution < -0.4 is 10.2 Å². The molecule has 4 rings (SSSR count). The zero-order chi connectivity index (χ0) is 24.1. The van der Waals surface area contributed by atoms with Gasteiger partial charge in [0.05, 0.1) is 5.25 Å². The summed E-state index contributed by atoms with van der Waals surface area (Å²) < 4.78 is 0.874. The van der Waals surface area contributed by atoms with Crippen molar-refractivity contribution in [2.24, 2.45) is 0 Å². The molecule has 5 nitrogen and oxygen atoms in total. The first-order valence-corrected chi connectivity index (χ1v) is 12.4. The number of aryl methyl sites for hydroxylation is 1. The molecular weight excluding hydrogens is 510 g/mol. The summed E-state index contributed by atoms with van der Waals surface area (Å²) in [5, 5.41) is 12.7. The second-order valence-electron chi connectivity index (χ2n) is 7.91. The Labute approximate surface area is 211 Å². The highest BCUT2D eigenvalue weighted by molar-refractivity contribution is 9.10. The molecule has 1 heterocycles. The van der Waals surface area contributed by atoms with E-state index in [2.05, 4.69) is 21.2 Å². The molecule has 3 aromatic carbocycles. The Kier molecular flexibility index (Phi) is 7.51. The molecular formula is C27H22BrN3O2S. The molecule has 2 amide bonds. The van der Waals surface area contributed by atoms with E-state index in [0.717, 1.165) is 21.2 Å². The third kappa shape index (κ3) is 5.41. The van der Waals surface area contributed by atoms with Crippen molar-refractivity contribution in [1.29, 1.82) is 5.26 Å². The number of nitrogens with zero attached hydrogens (tertiary/aromatic N) is 2. The third-order valence-electron chi connectivity index (χ3n) is 5.43. The number of hydrogen-bond acceptors (Lipinski definition) is 4. The van der Waals surface area contributed by atoms with E-state index < -0.39 is 11.2 Å². The summed E-state index contributed by atoms with van der Waals surface area (Å²) in [6.07, 6.45) is 0.505. The van der Waals surface area contributed by atoms with Crippen LogP contribution in [0.1, 0.15) is 16.7 Å². The van der Waals surface area contributed by atoms with E-state index in [0.29, 0.717) is 23.7 Å². The average molecular weight is 532 g/mol. The van der Waals surface area contributed by atoms with Crippen molar-refractivity contribution in [3.05, 3.63) is 111 Å². The second kappa shape index (κ2) is 10.7. The Hall–Kier alpha value is -3.34. The molecule has 0 spiro atoms. The number of carbonyl (C=O) groups excluding carboxylic acids is 2. The van der Waals surface area contributed by atoms with Crippen LogP contribution >= 0.6 is 27.7 Å². The van der Waals surface area contributed by atoms with Crippen LogP contribution in [0.3, 0.4) is 0 Å². The van der Waals surface area contributed by atoms with Gasteiger partial charge in [0.15, 0.2) is 0 Å². The number of nitriles is 1. The van der Waals surface area contributed by atoms with Crippen LogP contribution in [0.25, 0.3) is 0 Å². The number of anilines is 1. The van der Waals surface area contributed by atoms with Crippen LogP contribution in [-0.2, 0) is 22.6 Å². The molecule has 0 unspecified atom stereocenters. The summed E-state index contributed by atoms with van der Waals surface area (Å²) in [5.74, 6) is -0.647. The van der Waals surface area contributed by atoms with E-state index in [1.54, 1.807) is 12.1 Å². The highest BCUT2D eigenvalue weighted by Crippen LogP contribution is 2.42. The minimum absolute atomic E-state index is 0.0661. The molecule has 1 fully saturated rings. The monoisotopic (exact) mass is 531 g/mol. The maximum absolute atomic E-state index is 13.5.